The minimum Gasteiger partial charge on any atom is -0.398 e. The molecule has 86 valence electrons. The van der Waals surface area contributed by atoms with E-state index in [1.165, 1.54) is 12.8 Å². The molecule has 1 fully saturated rings. The molecule has 0 aromatic heterocycles. The second kappa shape index (κ2) is 4.09. The summed E-state index contributed by atoms with van der Waals surface area (Å²) in [6.07, 6.45) is 2.40. The molecular formula is C12H15BrN2O. The van der Waals surface area contributed by atoms with Gasteiger partial charge in [-0.2, -0.15) is 0 Å². The third-order valence-corrected chi connectivity index (χ3v) is 3.94. The lowest BCUT2D eigenvalue weighted by atomic mass is 10.1. The smallest absolute Gasteiger partial charge is 0.252 e. The SMILES string of the molecule is CC1(CNC(=O)c2cccc(N)c2Br)CC1. The maximum absolute atomic E-state index is 11.9. The molecule has 4 heteroatoms. The number of nitrogen functional groups attached to an aromatic ring is 1. The van der Waals surface area contributed by atoms with Crippen molar-refractivity contribution in [2.75, 3.05) is 12.3 Å². The predicted molar refractivity (Wildman–Crippen MR) is 68.2 cm³/mol. The second-order valence-electron chi connectivity index (χ2n) is 4.70. The Morgan fingerprint density at radius 2 is 2.25 bits per heavy atom. The van der Waals surface area contributed by atoms with Crippen molar-refractivity contribution in [2.24, 2.45) is 5.41 Å². The van der Waals surface area contributed by atoms with Crippen LogP contribution in [0, 0.1) is 5.41 Å². The Bertz CT molecular complexity index is 427. The first-order valence-corrected chi connectivity index (χ1v) is 6.13. The summed E-state index contributed by atoms with van der Waals surface area (Å²) >= 11 is 3.33. The molecule has 0 radical (unpaired) electrons. The quantitative estimate of drug-likeness (QED) is 0.838. The predicted octanol–water partition coefficient (Wildman–Crippen LogP) is 2.56. The molecule has 1 aliphatic carbocycles. The summed E-state index contributed by atoms with van der Waals surface area (Å²) in [5.74, 6) is -0.0627. The van der Waals surface area contributed by atoms with E-state index < -0.39 is 0 Å². The van der Waals surface area contributed by atoms with E-state index >= 15 is 0 Å². The van der Waals surface area contributed by atoms with Gasteiger partial charge in [0.2, 0.25) is 0 Å². The van der Waals surface area contributed by atoms with Crippen LogP contribution in [0.3, 0.4) is 0 Å². The van der Waals surface area contributed by atoms with E-state index in [9.17, 15) is 4.79 Å². The van der Waals surface area contributed by atoms with Crippen molar-refractivity contribution >= 4 is 27.5 Å². The first kappa shape index (κ1) is 11.5. The Kier molecular flexibility index (Phi) is 2.93. The van der Waals surface area contributed by atoms with Gasteiger partial charge in [0.25, 0.3) is 5.91 Å². The van der Waals surface area contributed by atoms with Gasteiger partial charge in [-0.05, 0) is 46.3 Å². The molecule has 0 atom stereocenters. The zero-order valence-corrected chi connectivity index (χ0v) is 10.8. The van der Waals surface area contributed by atoms with Gasteiger partial charge in [-0.15, -0.1) is 0 Å². The van der Waals surface area contributed by atoms with E-state index in [0.717, 1.165) is 6.54 Å². The number of rotatable bonds is 3. The van der Waals surface area contributed by atoms with Gasteiger partial charge in [-0.25, -0.2) is 0 Å². The highest BCUT2D eigenvalue weighted by Crippen LogP contribution is 2.44. The number of carbonyl (C=O) groups excluding carboxylic acids is 1. The zero-order chi connectivity index (χ0) is 11.8. The van der Waals surface area contributed by atoms with Crippen molar-refractivity contribution in [3.05, 3.63) is 28.2 Å². The van der Waals surface area contributed by atoms with Crippen molar-refractivity contribution in [3.63, 3.8) is 0 Å². The van der Waals surface area contributed by atoms with Gasteiger partial charge < -0.3 is 11.1 Å². The Balaban J connectivity index is 2.05. The van der Waals surface area contributed by atoms with Crippen LogP contribution in [0.25, 0.3) is 0 Å². The summed E-state index contributed by atoms with van der Waals surface area (Å²) in [7, 11) is 0. The molecule has 2 rings (SSSR count). The highest BCUT2D eigenvalue weighted by Gasteiger charge is 2.37. The summed E-state index contributed by atoms with van der Waals surface area (Å²) in [4.78, 5) is 11.9. The van der Waals surface area contributed by atoms with Crippen molar-refractivity contribution in [3.8, 4) is 0 Å². The van der Waals surface area contributed by atoms with E-state index in [0.29, 0.717) is 21.1 Å². The monoisotopic (exact) mass is 282 g/mol. The lowest BCUT2D eigenvalue weighted by molar-refractivity contribution is 0.0945. The maximum atomic E-state index is 11.9. The van der Waals surface area contributed by atoms with Gasteiger partial charge in [0.1, 0.15) is 0 Å². The molecule has 1 amide bonds. The maximum Gasteiger partial charge on any atom is 0.252 e. The standard InChI is InChI=1S/C12H15BrN2O/c1-12(5-6-12)7-15-11(16)8-3-2-4-9(14)10(8)13/h2-4H,5-7,14H2,1H3,(H,15,16). The molecule has 3 nitrogen and oxygen atoms in total. The van der Waals surface area contributed by atoms with Crippen LogP contribution in [0.15, 0.2) is 22.7 Å². The van der Waals surface area contributed by atoms with Crippen LogP contribution >= 0.6 is 15.9 Å². The second-order valence-corrected chi connectivity index (χ2v) is 5.50. The molecule has 0 spiro atoms. The molecular weight excluding hydrogens is 268 g/mol. The van der Waals surface area contributed by atoms with Crippen molar-refractivity contribution < 1.29 is 4.79 Å². The van der Waals surface area contributed by atoms with Gasteiger partial charge in [-0.3, -0.25) is 4.79 Å². The van der Waals surface area contributed by atoms with Crippen molar-refractivity contribution in [2.45, 2.75) is 19.8 Å². The number of nitrogens with one attached hydrogen (secondary N) is 1. The highest BCUT2D eigenvalue weighted by molar-refractivity contribution is 9.10. The fourth-order valence-electron chi connectivity index (χ4n) is 1.50. The lowest BCUT2D eigenvalue weighted by Gasteiger charge is -2.11. The van der Waals surface area contributed by atoms with Crippen LogP contribution in [0.5, 0.6) is 0 Å². The molecule has 3 N–H and O–H groups in total. The average Bonchev–Trinajstić information content (AvgIpc) is 2.98. The Morgan fingerprint density at radius 1 is 1.56 bits per heavy atom. The average molecular weight is 283 g/mol. The van der Waals surface area contributed by atoms with Crippen molar-refractivity contribution in [1.82, 2.24) is 5.32 Å². The summed E-state index contributed by atoms with van der Waals surface area (Å²) in [6.45, 7) is 2.93. The molecule has 0 bridgehead atoms. The minimum absolute atomic E-state index is 0.0627. The molecule has 0 unspecified atom stereocenters. The molecule has 0 aliphatic heterocycles. The summed E-state index contributed by atoms with van der Waals surface area (Å²) < 4.78 is 0.674. The minimum atomic E-state index is -0.0627. The van der Waals surface area contributed by atoms with Crippen LogP contribution in [0.2, 0.25) is 0 Å². The molecule has 1 aromatic carbocycles. The molecule has 0 heterocycles. The van der Waals surface area contributed by atoms with Gasteiger partial charge in [0, 0.05) is 12.2 Å². The fraction of sp³-hybridized carbons (Fsp3) is 0.417. The normalized spacial score (nSPS) is 16.9. The van der Waals surface area contributed by atoms with Gasteiger partial charge in [0.05, 0.1) is 10.0 Å². The van der Waals surface area contributed by atoms with Crippen LogP contribution < -0.4 is 11.1 Å². The number of nitrogens with two attached hydrogens (primary N) is 1. The zero-order valence-electron chi connectivity index (χ0n) is 9.22. The van der Waals surface area contributed by atoms with Gasteiger partial charge >= 0.3 is 0 Å². The topological polar surface area (TPSA) is 55.1 Å². The highest BCUT2D eigenvalue weighted by atomic mass is 79.9. The third kappa shape index (κ3) is 2.38. The number of amides is 1. The molecule has 0 saturated heterocycles. The third-order valence-electron chi connectivity index (χ3n) is 3.05. The summed E-state index contributed by atoms with van der Waals surface area (Å²) in [5, 5.41) is 2.94. The van der Waals surface area contributed by atoms with E-state index in [2.05, 4.69) is 28.2 Å². The number of hydrogen-bond acceptors (Lipinski definition) is 2. The van der Waals surface area contributed by atoms with Gasteiger partial charge in [0.15, 0.2) is 0 Å². The number of carbonyl (C=O) groups is 1. The van der Waals surface area contributed by atoms with E-state index in [-0.39, 0.29) is 5.91 Å². The molecule has 1 aromatic rings. The molecule has 1 saturated carbocycles. The molecule has 1 aliphatic rings. The first-order chi connectivity index (χ1) is 7.52. The van der Waals surface area contributed by atoms with E-state index in [1.807, 2.05) is 0 Å². The van der Waals surface area contributed by atoms with Crippen LogP contribution in [-0.2, 0) is 0 Å². The fourth-order valence-corrected chi connectivity index (χ4v) is 1.95. The van der Waals surface area contributed by atoms with Gasteiger partial charge in [-0.1, -0.05) is 13.0 Å². The van der Waals surface area contributed by atoms with Crippen molar-refractivity contribution in [1.29, 1.82) is 0 Å². The number of benzene rings is 1. The number of anilines is 1. The summed E-state index contributed by atoms with van der Waals surface area (Å²) in [6, 6.07) is 5.32. The summed E-state index contributed by atoms with van der Waals surface area (Å²) in [5.41, 5.74) is 7.24. The van der Waals surface area contributed by atoms with Crippen LogP contribution in [0.4, 0.5) is 5.69 Å². The van der Waals surface area contributed by atoms with Crippen LogP contribution in [0.1, 0.15) is 30.1 Å². The number of hydrogen-bond donors (Lipinski definition) is 2. The van der Waals surface area contributed by atoms with Crippen LogP contribution in [-0.4, -0.2) is 12.5 Å². The Morgan fingerprint density at radius 3 is 2.88 bits per heavy atom. The Hall–Kier alpha value is -1.03. The van der Waals surface area contributed by atoms with E-state index in [4.69, 9.17) is 5.73 Å². The molecule has 16 heavy (non-hydrogen) atoms. The number of halogens is 1. The largest absolute Gasteiger partial charge is 0.398 e. The Labute approximate surface area is 104 Å². The lowest BCUT2D eigenvalue weighted by Crippen LogP contribution is -2.29. The first-order valence-electron chi connectivity index (χ1n) is 5.34. The van der Waals surface area contributed by atoms with E-state index in [1.54, 1.807) is 18.2 Å².